The number of nitrogens with one attached hydrogen (secondary N) is 1. The Hall–Kier alpha value is -0.320. The van der Waals surface area contributed by atoms with Gasteiger partial charge in [-0.15, -0.1) is 12.4 Å². The Labute approximate surface area is 85.3 Å². The van der Waals surface area contributed by atoms with Crippen molar-refractivity contribution in [3.05, 3.63) is 0 Å². The lowest BCUT2D eigenvalue weighted by Gasteiger charge is -2.38. The first-order valence-electron chi connectivity index (χ1n) is 4.36. The van der Waals surface area contributed by atoms with E-state index in [-0.39, 0.29) is 18.3 Å². The lowest BCUT2D eigenvalue weighted by Crippen LogP contribution is -2.56. The summed E-state index contributed by atoms with van der Waals surface area (Å²) in [4.78, 5) is 12.9. The fourth-order valence-electron chi connectivity index (χ4n) is 1.66. The van der Waals surface area contributed by atoms with E-state index in [9.17, 15) is 4.79 Å². The number of halogens is 1. The van der Waals surface area contributed by atoms with E-state index in [1.165, 1.54) is 0 Å². The van der Waals surface area contributed by atoms with E-state index in [0.717, 1.165) is 13.1 Å². The number of carbonyl (C=O) groups excluding carboxylic acids is 1. The Morgan fingerprint density at radius 1 is 1.46 bits per heavy atom. The first-order chi connectivity index (χ1) is 5.61. The number of nitrogens with zero attached hydrogens (tertiary/aromatic N) is 1. The normalized spacial score (nSPS) is 29.4. The average Bonchev–Trinajstić information content (AvgIpc) is 1.97. The maximum atomic E-state index is 10.7. The third-order valence-corrected chi connectivity index (χ3v) is 2.35. The van der Waals surface area contributed by atoms with Gasteiger partial charge in [0, 0.05) is 25.2 Å². The van der Waals surface area contributed by atoms with Gasteiger partial charge in [0.25, 0.3) is 0 Å². The highest BCUT2D eigenvalue weighted by molar-refractivity contribution is 5.85. The summed E-state index contributed by atoms with van der Waals surface area (Å²) in [6.07, 6.45) is 0. The molecular weight excluding hydrogens is 190 g/mol. The molecule has 0 bridgehead atoms. The van der Waals surface area contributed by atoms with Gasteiger partial charge in [-0.25, -0.2) is 0 Å². The minimum Gasteiger partial charge on any atom is -0.369 e. The molecule has 4 nitrogen and oxygen atoms in total. The lowest BCUT2D eigenvalue weighted by molar-refractivity contribution is -0.120. The smallest absolute Gasteiger partial charge is 0.231 e. The monoisotopic (exact) mass is 207 g/mol. The molecule has 0 aromatic rings. The fourth-order valence-corrected chi connectivity index (χ4v) is 1.66. The topological polar surface area (TPSA) is 58.4 Å². The second-order valence-electron chi connectivity index (χ2n) is 3.49. The van der Waals surface area contributed by atoms with Crippen LogP contribution in [-0.4, -0.2) is 42.5 Å². The molecule has 1 fully saturated rings. The van der Waals surface area contributed by atoms with Crippen LogP contribution in [-0.2, 0) is 4.79 Å². The van der Waals surface area contributed by atoms with Crippen molar-refractivity contribution in [1.82, 2.24) is 10.2 Å². The summed E-state index contributed by atoms with van der Waals surface area (Å²) in [5, 5.41) is 3.29. The molecule has 0 aromatic heterocycles. The molecule has 3 N–H and O–H groups in total. The molecule has 0 aromatic carbocycles. The first kappa shape index (κ1) is 12.7. The van der Waals surface area contributed by atoms with Gasteiger partial charge in [-0.2, -0.15) is 0 Å². The van der Waals surface area contributed by atoms with Crippen LogP contribution in [0.25, 0.3) is 0 Å². The number of hydrogen-bond acceptors (Lipinski definition) is 3. The summed E-state index contributed by atoms with van der Waals surface area (Å²) >= 11 is 0. The van der Waals surface area contributed by atoms with Crippen LogP contribution >= 0.6 is 12.4 Å². The van der Waals surface area contributed by atoms with E-state index in [4.69, 9.17) is 5.73 Å². The minimum absolute atomic E-state index is 0. The van der Waals surface area contributed by atoms with Crippen molar-refractivity contribution in [3.8, 4) is 0 Å². The van der Waals surface area contributed by atoms with Crippen LogP contribution in [0, 0.1) is 0 Å². The summed E-state index contributed by atoms with van der Waals surface area (Å²) in [6, 6.07) is 0.808. The summed E-state index contributed by atoms with van der Waals surface area (Å²) in [7, 11) is 0. The zero-order valence-electron chi connectivity index (χ0n) is 8.12. The van der Waals surface area contributed by atoms with Crippen molar-refractivity contribution in [2.45, 2.75) is 25.9 Å². The quantitative estimate of drug-likeness (QED) is 0.647. The molecule has 2 unspecified atom stereocenters. The van der Waals surface area contributed by atoms with Crippen molar-refractivity contribution in [2.24, 2.45) is 5.73 Å². The Morgan fingerprint density at radius 3 is 2.31 bits per heavy atom. The van der Waals surface area contributed by atoms with Crippen molar-refractivity contribution >= 4 is 18.3 Å². The maximum Gasteiger partial charge on any atom is 0.231 e. The van der Waals surface area contributed by atoms with Gasteiger partial charge in [0.2, 0.25) is 5.91 Å². The third kappa shape index (κ3) is 3.50. The SMILES string of the molecule is CC1CNCC(C)N1CC(N)=O.Cl. The number of nitrogens with two attached hydrogens (primary N) is 1. The van der Waals surface area contributed by atoms with Crippen LogP contribution < -0.4 is 11.1 Å². The highest BCUT2D eigenvalue weighted by Crippen LogP contribution is 2.07. The Bertz CT molecular complexity index is 167. The van der Waals surface area contributed by atoms with E-state index < -0.39 is 0 Å². The molecule has 0 aliphatic carbocycles. The van der Waals surface area contributed by atoms with Crippen LogP contribution in [0.5, 0.6) is 0 Å². The van der Waals surface area contributed by atoms with E-state index in [0.29, 0.717) is 18.6 Å². The van der Waals surface area contributed by atoms with Gasteiger partial charge in [0.05, 0.1) is 6.54 Å². The first-order valence-corrected chi connectivity index (χ1v) is 4.36. The molecule has 1 aliphatic rings. The summed E-state index contributed by atoms with van der Waals surface area (Å²) in [6.45, 7) is 6.47. The number of carbonyl (C=O) groups is 1. The van der Waals surface area contributed by atoms with Gasteiger partial charge in [-0.1, -0.05) is 0 Å². The largest absolute Gasteiger partial charge is 0.369 e. The predicted molar refractivity (Wildman–Crippen MR) is 54.9 cm³/mol. The zero-order valence-corrected chi connectivity index (χ0v) is 8.93. The number of primary amides is 1. The molecular formula is C8H18ClN3O. The standard InChI is InChI=1S/C8H17N3O.ClH/c1-6-3-10-4-7(2)11(6)5-8(9)12;/h6-7,10H,3-5H2,1-2H3,(H2,9,12);1H. The molecule has 0 radical (unpaired) electrons. The highest BCUT2D eigenvalue weighted by Gasteiger charge is 2.24. The number of rotatable bonds is 2. The number of piperazine rings is 1. The van der Waals surface area contributed by atoms with E-state index in [2.05, 4.69) is 24.1 Å². The van der Waals surface area contributed by atoms with E-state index in [1.807, 2.05) is 0 Å². The summed E-state index contributed by atoms with van der Waals surface area (Å²) in [5.41, 5.74) is 5.15. The van der Waals surface area contributed by atoms with Crippen molar-refractivity contribution in [1.29, 1.82) is 0 Å². The molecule has 2 atom stereocenters. The average molecular weight is 208 g/mol. The number of hydrogen-bond donors (Lipinski definition) is 2. The third-order valence-electron chi connectivity index (χ3n) is 2.35. The van der Waals surface area contributed by atoms with Gasteiger partial charge in [-0.3, -0.25) is 9.69 Å². The molecule has 1 saturated heterocycles. The summed E-state index contributed by atoms with van der Waals surface area (Å²) in [5.74, 6) is -0.240. The highest BCUT2D eigenvalue weighted by atomic mass is 35.5. The van der Waals surface area contributed by atoms with Crippen molar-refractivity contribution in [2.75, 3.05) is 19.6 Å². The zero-order chi connectivity index (χ0) is 9.14. The number of amides is 1. The molecule has 1 rings (SSSR count). The van der Waals surface area contributed by atoms with Gasteiger partial charge < -0.3 is 11.1 Å². The van der Waals surface area contributed by atoms with Gasteiger partial charge in [0.1, 0.15) is 0 Å². The molecule has 1 heterocycles. The minimum atomic E-state index is -0.240. The lowest BCUT2D eigenvalue weighted by atomic mass is 10.1. The van der Waals surface area contributed by atoms with Crippen LogP contribution in [0.1, 0.15) is 13.8 Å². The van der Waals surface area contributed by atoms with Crippen LogP contribution in [0.15, 0.2) is 0 Å². The van der Waals surface area contributed by atoms with Crippen molar-refractivity contribution < 1.29 is 4.79 Å². The Kier molecular flexibility index (Phi) is 5.29. The van der Waals surface area contributed by atoms with E-state index >= 15 is 0 Å². The van der Waals surface area contributed by atoms with Gasteiger partial charge >= 0.3 is 0 Å². The molecule has 5 heteroatoms. The van der Waals surface area contributed by atoms with Crippen LogP contribution in [0.2, 0.25) is 0 Å². The Balaban J connectivity index is 0.00000144. The molecule has 78 valence electrons. The molecule has 13 heavy (non-hydrogen) atoms. The summed E-state index contributed by atoms with van der Waals surface area (Å²) < 4.78 is 0. The predicted octanol–water partition coefficient (Wildman–Crippen LogP) is -0.424. The van der Waals surface area contributed by atoms with Crippen LogP contribution in [0.4, 0.5) is 0 Å². The van der Waals surface area contributed by atoms with E-state index in [1.54, 1.807) is 0 Å². The van der Waals surface area contributed by atoms with Gasteiger partial charge in [-0.05, 0) is 13.8 Å². The second-order valence-corrected chi connectivity index (χ2v) is 3.49. The maximum absolute atomic E-state index is 10.7. The molecule has 1 amide bonds. The molecule has 0 saturated carbocycles. The molecule has 1 aliphatic heterocycles. The van der Waals surface area contributed by atoms with Crippen molar-refractivity contribution in [3.63, 3.8) is 0 Å². The fraction of sp³-hybridized carbons (Fsp3) is 0.875. The van der Waals surface area contributed by atoms with Crippen LogP contribution in [0.3, 0.4) is 0 Å². The Morgan fingerprint density at radius 2 is 1.92 bits per heavy atom. The second kappa shape index (κ2) is 5.42. The van der Waals surface area contributed by atoms with Gasteiger partial charge in [0.15, 0.2) is 0 Å². The molecule has 0 spiro atoms.